The average Bonchev–Trinajstić information content (AvgIpc) is 3.15. The Hall–Kier alpha value is -2.72. The van der Waals surface area contributed by atoms with Gasteiger partial charge in [-0.05, 0) is 94.2 Å². The summed E-state index contributed by atoms with van der Waals surface area (Å²) in [6, 6.07) is 15.2. The Labute approximate surface area is 203 Å². The molecule has 32 heavy (non-hydrogen) atoms. The van der Waals surface area contributed by atoms with Crippen LogP contribution in [0.4, 0.5) is 10.5 Å². The number of hydrogen-bond donors (Lipinski definition) is 1. The number of amides is 1. The zero-order valence-electron chi connectivity index (χ0n) is 19.2. The molecule has 3 aromatic rings. The van der Waals surface area contributed by atoms with Crippen molar-refractivity contribution in [3.63, 3.8) is 0 Å². The molecule has 0 aliphatic carbocycles. The second kappa shape index (κ2) is 11.8. The molecule has 1 N–H and O–H groups in total. The van der Waals surface area contributed by atoms with Crippen molar-refractivity contribution < 1.29 is 13.9 Å². The molecule has 0 fully saturated rings. The van der Waals surface area contributed by atoms with Gasteiger partial charge < -0.3 is 14.5 Å². The molecule has 170 valence electrons. The molecule has 0 spiro atoms. The molecule has 0 saturated carbocycles. The van der Waals surface area contributed by atoms with E-state index in [2.05, 4.69) is 38.0 Å². The highest BCUT2D eigenvalue weighted by molar-refractivity contribution is 14.1. The number of ether oxygens (including phenoxy) is 1. The van der Waals surface area contributed by atoms with Crippen LogP contribution >= 0.6 is 22.6 Å². The van der Waals surface area contributed by atoms with Crippen LogP contribution in [-0.2, 0) is 4.74 Å². The smallest absolute Gasteiger partial charge is 0.435 e. The number of aryl methyl sites for hydroxylation is 1. The maximum Gasteiger partial charge on any atom is 0.435 e. The molecular formula is C24H29IN4O3. The van der Waals surface area contributed by atoms with Crippen LogP contribution in [0.3, 0.4) is 0 Å². The van der Waals surface area contributed by atoms with Crippen LogP contribution in [-0.4, -0.2) is 37.0 Å². The van der Waals surface area contributed by atoms with Gasteiger partial charge in [0.25, 0.3) is 0 Å². The van der Waals surface area contributed by atoms with Crippen LogP contribution in [0.1, 0.15) is 31.9 Å². The van der Waals surface area contributed by atoms with E-state index in [1.54, 1.807) is 18.3 Å². The third-order valence-electron chi connectivity index (χ3n) is 3.86. The molecule has 7 nitrogen and oxygen atoms in total. The van der Waals surface area contributed by atoms with Gasteiger partial charge in [0.15, 0.2) is 12.2 Å². The second-order valence-electron chi connectivity index (χ2n) is 7.97. The molecule has 0 aliphatic rings. The summed E-state index contributed by atoms with van der Waals surface area (Å²) in [6.07, 6.45) is 2.49. The highest BCUT2D eigenvalue weighted by Gasteiger charge is 2.23. The number of hydrazone groups is 1. The minimum absolute atomic E-state index is 0.553. The topological polar surface area (TPSA) is 80.0 Å². The average molecular weight is 548 g/mol. The van der Waals surface area contributed by atoms with Gasteiger partial charge >= 0.3 is 6.09 Å². The fourth-order valence-corrected chi connectivity index (χ4v) is 3.03. The summed E-state index contributed by atoms with van der Waals surface area (Å²) in [5.41, 5.74) is 2.86. The quantitative estimate of drug-likeness (QED) is 0.251. The van der Waals surface area contributed by atoms with Gasteiger partial charge in [0.05, 0.1) is 11.9 Å². The highest BCUT2D eigenvalue weighted by atomic mass is 127. The molecule has 0 radical (unpaired) electrons. The Morgan fingerprint density at radius 2 is 1.72 bits per heavy atom. The number of carbonyl (C=O) groups is 1. The summed E-state index contributed by atoms with van der Waals surface area (Å²) in [5, 5.41) is 8.38. The van der Waals surface area contributed by atoms with Crippen molar-refractivity contribution in [1.82, 2.24) is 10.3 Å². The number of carbonyl (C=O) groups excluding carboxylic acids is 1. The minimum atomic E-state index is -0.634. The molecule has 1 amide bonds. The summed E-state index contributed by atoms with van der Waals surface area (Å²) in [6.45, 7) is 7.48. The number of halogens is 1. The summed E-state index contributed by atoms with van der Waals surface area (Å²) in [4.78, 5) is 16.9. The zero-order chi connectivity index (χ0) is 23.7. The predicted octanol–water partition coefficient (Wildman–Crippen LogP) is 5.87. The van der Waals surface area contributed by atoms with Crippen LogP contribution in [0.5, 0.6) is 0 Å². The van der Waals surface area contributed by atoms with Gasteiger partial charge in [-0.2, -0.15) is 10.1 Å². The molecule has 2 aromatic carbocycles. The SMILES string of the molecule is CNC.Cc1ccc(C=NN(C(=O)OC(C)(C)C)c2ccc(-c3ocnc3I)cc2)cc1. The first-order valence-corrected chi connectivity index (χ1v) is 11.1. The van der Waals surface area contributed by atoms with Crippen molar-refractivity contribution in [2.24, 2.45) is 5.10 Å². The molecule has 0 atom stereocenters. The van der Waals surface area contributed by atoms with Gasteiger partial charge in [-0.1, -0.05) is 29.8 Å². The number of oxazole rings is 1. The Morgan fingerprint density at radius 3 is 2.22 bits per heavy atom. The van der Waals surface area contributed by atoms with Gasteiger partial charge in [-0.3, -0.25) is 0 Å². The summed E-state index contributed by atoms with van der Waals surface area (Å²) < 4.78 is 11.7. The Morgan fingerprint density at radius 1 is 1.12 bits per heavy atom. The van der Waals surface area contributed by atoms with Crippen LogP contribution in [0.15, 0.2) is 64.4 Å². The zero-order valence-corrected chi connectivity index (χ0v) is 21.4. The molecule has 0 saturated heterocycles. The van der Waals surface area contributed by atoms with Crippen LogP contribution in [0, 0.1) is 10.6 Å². The maximum atomic E-state index is 12.8. The van der Waals surface area contributed by atoms with Crippen molar-refractivity contribution in [3.8, 4) is 11.3 Å². The van der Waals surface area contributed by atoms with Gasteiger partial charge in [0, 0.05) is 5.56 Å². The van der Waals surface area contributed by atoms with Gasteiger partial charge in [0.2, 0.25) is 0 Å². The van der Waals surface area contributed by atoms with E-state index in [-0.39, 0.29) is 0 Å². The van der Waals surface area contributed by atoms with E-state index >= 15 is 0 Å². The van der Waals surface area contributed by atoms with Crippen molar-refractivity contribution in [3.05, 3.63) is 69.8 Å². The van der Waals surface area contributed by atoms with Gasteiger partial charge in [0.1, 0.15) is 9.30 Å². The number of nitrogens with zero attached hydrogens (tertiary/aromatic N) is 3. The number of rotatable bonds is 4. The van der Waals surface area contributed by atoms with Crippen molar-refractivity contribution in [1.29, 1.82) is 0 Å². The van der Waals surface area contributed by atoms with Gasteiger partial charge in [-0.25, -0.2) is 9.78 Å². The first-order valence-electron chi connectivity index (χ1n) is 10.1. The lowest BCUT2D eigenvalue weighted by molar-refractivity contribution is 0.0581. The normalized spacial score (nSPS) is 11.1. The molecular weight excluding hydrogens is 519 g/mol. The standard InChI is InChI=1S/C22H22IN3O3.C2H7N/c1-15-5-7-16(8-6-15)13-25-26(21(27)29-22(2,3)4)18-11-9-17(10-12-18)19-20(23)24-14-28-19;1-3-2/h5-14H,1-4H3;3H,1-2H3. The molecule has 1 heterocycles. The first kappa shape index (κ1) is 25.5. The Bertz CT molecular complexity index is 1020. The second-order valence-corrected chi connectivity index (χ2v) is 8.99. The van der Waals surface area contributed by atoms with E-state index in [9.17, 15) is 4.79 Å². The van der Waals surface area contributed by atoms with E-state index < -0.39 is 11.7 Å². The van der Waals surface area contributed by atoms with E-state index in [0.29, 0.717) is 11.4 Å². The summed E-state index contributed by atoms with van der Waals surface area (Å²) in [5.74, 6) is 0.684. The Kier molecular flexibility index (Phi) is 9.40. The lowest BCUT2D eigenvalue weighted by Crippen LogP contribution is -2.33. The summed E-state index contributed by atoms with van der Waals surface area (Å²) in [7, 11) is 3.75. The fourth-order valence-electron chi connectivity index (χ4n) is 2.48. The number of nitrogens with one attached hydrogen (secondary N) is 1. The van der Waals surface area contributed by atoms with E-state index in [4.69, 9.17) is 9.15 Å². The number of hydrogen-bond acceptors (Lipinski definition) is 6. The predicted molar refractivity (Wildman–Crippen MR) is 137 cm³/mol. The first-order chi connectivity index (χ1) is 15.1. The lowest BCUT2D eigenvalue weighted by Gasteiger charge is -2.24. The third kappa shape index (κ3) is 7.76. The van der Waals surface area contributed by atoms with Crippen LogP contribution in [0.25, 0.3) is 11.3 Å². The van der Waals surface area contributed by atoms with Crippen LogP contribution < -0.4 is 10.3 Å². The fraction of sp³-hybridized carbons (Fsp3) is 0.292. The molecule has 3 rings (SSSR count). The van der Waals surface area contributed by atoms with Crippen LogP contribution in [0.2, 0.25) is 0 Å². The molecule has 8 heteroatoms. The third-order valence-corrected chi connectivity index (χ3v) is 4.63. The lowest BCUT2D eigenvalue weighted by atomic mass is 10.1. The van der Waals surface area contributed by atoms with E-state index in [0.717, 1.165) is 20.4 Å². The number of aromatic nitrogens is 1. The molecule has 1 aromatic heterocycles. The van der Waals surface area contributed by atoms with E-state index in [1.807, 2.05) is 78.2 Å². The highest BCUT2D eigenvalue weighted by Crippen LogP contribution is 2.27. The molecule has 0 aliphatic heterocycles. The maximum absolute atomic E-state index is 12.8. The number of benzene rings is 2. The summed E-state index contributed by atoms with van der Waals surface area (Å²) >= 11 is 2.12. The molecule has 0 bridgehead atoms. The van der Waals surface area contributed by atoms with E-state index in [1.165, 1.54) is 11.4 Å². The van der Waals surface area contributed by atoms with Crippen molar-refractivity contribution >= 4 is 40.6 Å². The minimum Gasteiger partial charge on any atom is -0.442 e. The van der Waals surface area contributed by atoms with Crippen molar-refractivity contribution in [2.75, 3.05) is 19.1 Å². The largest absolute Gasteiger partial charge is 0.442 e. The number of anilines is 1. The van der Waals surface area contributed by atoms with Crippen molar-refractivity contribution in [2.45, 2.75) is 33.3 Å². The Balaban J connectivity index is 0.00000114. The monoisotopic (exact) mass is 548 g/mol. The van der Waals surface area contributed by atoms with Gasteiger partial charge in [-0.15, -0.1) is 0 Å². The molecule has 0 unspecified atom stereocenters.